The fourth-order valence-corrected chi connectivity index (χ4v) is 2.85. The molecule has 2 aromatic carbocycles. The standard InChI is InChI=1S/C18H19FN2/c1-12-8-9-14(19)10-16(12)20-11-18-13(2)15-6-4-5-7-17(15)21(18)3/h4-10,20H,11H2,1-3H3. The number of anilines is 1. The van der Waals surface area contributed by atoms with Crippen molar-refractivity contribution in [2.75, 3.05) is 5.32 Å². The first-order valence-electron chi connectivity index (χ1n) is 7.11. The lowest BCUT2D eigenvalue weighted by Gasteiger charge is -2.11. The summed E-state index contributed by atoms with van der Waals surface area (Å²) in [6.45, 7) is 4.80. The molecule has 3 heteroatoms. The van der Waals surface area contributed by atoms with Crippen LogP contribution in [0.3, 0.4) is 0 Å². The third-order valence-electron chi connectivity index (χ3n) is 4.15. The highest BCUT2D eigenvalue weighted by molar-refractivity contribution is 5.85. The van der Waals surface area contributed by atoms with E-state index in [0.29, 0.717) is 6.54 Å². The average Bonchev–Trinajstić information content (AvgIpc) is 2.73. The molecule has 0 aliphatic rings. The van der Waals surface area contributed by atoms with Gasteiger partial charge in [0.25, 0.3) is 0 Å². The SMILES string of the molecule is Cc1ccc(F)cc1NCc1c(C)c2ccccc2n1C. The molecule has 108 valence electrons. The summed E-state index contributed by atoms with van der Waals surface area (Å²) in [5, 5.41) is 4.62. The van der Waals surface area contributed by atoms with Crippen LogP contribution in [0.1, 0.15) is 16.8 Å². The smallest absolute Gasteiger partial charge is 0.125 e. The summed E-state index contributed by atoms with van der Waals surface area (Å²) in [6.07, 6.45) is 0. The van der Waals surface area contributed by atoms with Crippen molar-refractivity contribution in [3.8, 4) is 0 Å². The fourth-order valence-electron chi connectivity index (χ4n) is 2.85. The van der Waals surface area contributed by atoms with Crippen LogP contribution in [0.2, 0.25) is 0 Å². The Balaban J connectivity index is 1.94. The van der Waals surface area contributed by atoms with Gasteiger partial charge in [0, 0.05) is 29.3 Å². The van der Waals surface area contributed by atoms with Crippen molar-refractivity contribution >= 4 is 16.6 Å². The van der Waals surface area contributed by atoms with Crippen LogP contribution in [-0.2, 0) is 13.6 Å². The molecular formula is C18H19FN2. The third-order valence-corrected chi connectivity index (χ3v) is 4.15. The minimum Gasteiger partial charge on any atom is -0.379 e. The van der Waals surface area contributed by atoms with Gasteiger partial charge in [-0.3, -0.25) is 0 Å². The van der Waals surface area contributed by atoms with Crippen molar-refractivity contribution in [3.05, 3.63) is 65.1 Å². The molecule has 0 atom stereocenters. The van der Waals surface area contributed by atoms with Gasteiger partial charge in [0.1, 0.15) is 5.82 Å². The molecule has 3 rings (SSSR count). The van der Waals surface area contributed by atoms with Gasteiger partial charge in [0.05, 0.1) is 6.54 Å². The monoisotopic (exact) mass is 282 g/mol. The normalized spacial score (nSPS) is 11.0. The maximum absolute atomic E-state index is 13.4. The predicted octanol–water partition coefficient (Wildman–Crippen LogP) is 4.55. The van der Waals surface area contributed by atoms with Gasteiger partial charge >= 0.3 is 0 Å². The number of fused-ring (bicyclic) bond motifs is 1. The summed E-state index contributed by atoms with van der Waals surface area (Å²) in [5.41, 5.74) is 5.62. The lowest BCUT2D eigenvalue weighted by atomic mass is 10.1. The van der Waals surface area contributed by atoms with Gasteiger partial charge in [-0.25, -0.2) is 4.39 Å². The minimum absolute atomic E-state index is 0.211. The maximum atomic E-state index is 13.4. The topological polar surface area (TPSA) is 17.0 Å². The minimum atomic E-state index is -0.211. The van der Waals surface area contributed by atoms with E-state index >= 15 is 0 Å². The number of halogens is 1. The molecule has 0 saturated heterocycles. The van der Waals surface area contributed by atoms with Gasteiger partial charge in [-0.05, 0) is 43.2 Å². The number of aromatic nitrogens is 1. The first kappa shape index (κ1) is 13.7. The van der Waals surface area contributed by atoms with Crippen molar-refractivity contribution in [1.29, 1.82) is 0 Å². The summed E-state index contributed by atoms with van der Waals surface area (Å²) in [4.78, 5) is 0. The quantitative estimate of drug-likeness (QED) is 0.746. The fraction of sp³-hybridized carbons (Fsp3) is 0.222. The third kappa shape index (κ3) is 2.40. The van der Waals surface area contributed by atoms with Gasteiger partial charge < -0.3 is 9.88 Å². The number of para-hydroxylation sites is 1. The molecule has 0 saturated carbocycles. The average molecular weight is 282 g/mol. The van der Waals surface area contributed by atoms with Crippen LogP contribution in [0.5, 0.6) is 0 Å². The second kappa shape index (κ2) is 5.24. The molecule has 1 heterocycles. The molecule has 0 fully saturated rings. The second-order valence-electron chi connectivity index (χ2n) is 5.46. The lowest BCUT2D eigenvalue weighted by molar-refractivity contribution is 0.627. The molecular weight excluding hydrogens is 263 g/mol. The number of hydrogen-bond donors (Lipinski definition) is 1. The van der Waals surface area contributed by atoms with E-state index in [2.05, 4.69) is 48.1 Å². The van der Waals surface area contributed by atoms with Crippen LogP contribution in [-0.4, -0.2) is 4.57 Å². The first-order valence-corrected chi connectivity index (χ1v) is 7.11. The largest absolute Gasteiger partial charge is 0.379 e. The Hall–Kier alpha value is -2.29. The van der Waals surface area contributed by atoms with Crippen molar-refractivity contribution in [2.45, 2.75) is 20.4 Å². The van der Waals surface area contributed by atoms with E-state index in [4.69, 9.17) is 0 Å². The Bertz CT molecular complexity index is 763. The number of hydrogen-bond acceptors (Lipinski definition) is 1. The van der Waals surface area contributed by atoms with Crippen LogP contribution in [0.4, 0.5) is 10.1 Å². The molecule has 0 aliphatic carbocycles. The Morgan fingerprint density at radius 2 is 1.86 bits per heavy atom. The van der Waals surface area contributed by atoms with Crippen LogP contribution in [0, 0.1) is 19.7 Å². The summed E-state index contributed by atoms with van der Waals surface area (Å²) < 4.78 is 15.6. The van der Waals surface area contributed by atoms with E-state index < -0.39 is 0 Å². The number of nitrogens with one attached hydrogen (secondary N) is 1. The second-order valence-corrected chi connectivity index (χ2v) is 5.46. The van der Waals surface area contributed by atoms with E-state index in [1.807, 2.05) is 6.92 Å². The van der Waals surface area contributed by atoms with Crippen LogP contribution in [0.15, 0.2) is 42.5 Å². The van der Waals surface area contributed by atoms with Gasteiger partial charge in [0.15, 0.2) is 0 Å². The molecule has 0 unspecified atom stereocenters. The molecule has 0 radical (unpaired) electrons. The Kier molecular flexibility index (Phi) is 3.42. The molecule has 1 N–H and O–H groups in total. The summed E-state index contributed by atoms with van der Waals surface area (Å²) >= 11 is 0. The highest BCUT2D eigenvalue weighted by atomic mass is 19.1. The molecule has 2 nitrogen and oxygen atoms in total. The van der Waals surface area contributed by atoms with Crippen molar-refractivity contribution in [1.82, 2.24) is 4.57 Å². The summed E-state index contributed by atoms with van der Waals surface area (Å²) in [7, 11) is 2.07. The van der Waals surface area contributed by atoms with Gasteiger partial charge in [0.2, 0.25) is 0 Å². The van der Waals surface area contributed by atoms with Crippen molar-refractivity contribution in [3.63, 3.8) is 0 Å². The van der Waals surface area contributed by atoms with Gasteiger partial charge in [-0.15, -0.1) is 0 Å². The van der Waals surface area contributed by atoms with E-state index in [-0.39, 0.29) is 5.82 Å². The molecule has 0 amide bonds. The van der Waals surface area contributed by atoms with Crippen LogP contribution >= 0.6 is 0 Å². The molecule has 0 bridgehead atoms. The molecule has 21 heavy (non-hydrogen) atoms. The van der Waals surface area contributed by atoms with Crippen molar-refractivity contribution < 1.29 is 4.39 Å². The number of benzene rings is 2. The molecule has 0 aliphatic heterocycles. The summed E-state index contributed by atoms with van der Waals surface area (Å²) in [5.74, 6) is -0.211. The molecule has 3 aromatic rings. The number of nitrogens with zero attached hydrogens (tertiary/aromatic N) is 1. The highest BCUT2D eigenvalue weighted by Crippen LogP contribution is 2.25. The van der Waals surface area contributed by atoms with E-state index in [1.165, 1.54) is 28.2 Å². The zero-order valence-corrected chi connectivity index (χ0v) is 12.6. The van der Waals surface area contributed by atoms with E-state index in [9.17, 15) is 4.39 Å². The Morgan fingerprint density at radius 3 is 2.62 bits per heavy atom. The van der Waals surface area contributed by atoms with Gasteiger partial charge in [-0.2, -0.15) is 0 Å². The van der Waals surface area contributed by atoms with Crippen LogP contribution < -0.4 is 5.32 Å². The van der Waals surface area contributed by atoms with Gasteiger partial charge in [-0.1, -0.05) is 24.3 Å². The maximum Gasteiger partial charge on any atom is 0.125 e. The van der Waals surface area contributed by atoms with E-state index in [0.717, 1.165) is 11.3 Å². The zero-order valence-electron chi connectivity index (χ0n) is 12.6. The van der Waals surface area contributed by atoms with Crippen molar-refractivity contribution in [2.24, 2.45) is 7.05 Å². The zero-order chi connectivity index (χ0) is 15.0. The Labute approximate surface area is 124 Å². The molecule has 1 aromatic heterocycles. The molecule has 0 spiro atoms. The van der Waals surface area contributed by atoms with E-state index in [1.54, 1.807) is 12.1 Å². The lowest BCUT2D eigenvalue weighted by Crippen LogP contribution is -2.07. The van der Waals surface area contributed by atoms with Crippen LogP contribution in [0.25, 0.3) is 10.9 Å². The number of rotatable bonds is 3. The Morgan fingerprint density at radius 1 is 1.10 bits per heavy atom. The predicted molar refractivity (Wildman–Crippen MR) is 86.1 cm³/mol. The first-order chi connectivity index (χ1) is 10.1. The number of aryl methyl sites for hydroxylation is 3. The summed E-state index contributed by atoms with van der Waals surface area (Å²) in [6, 6.07) is 13.2. The highest BCUT2D eigenvalue weighted by Gasteiger charge is 2.11.